The van der Waals surface area contributed by atoms with Crippen LogP contribution in [0.3, 0.4) is 0 Å². The molecule has 2 aromatic carbocycles. The lowest BCUT2D eigenvalue weighted by Crippen LogP contribution is -2.63. The van der Waals surface area contributed by atoms with Crippen molar-refractivity contribution in [3.05, 3.63) is 71.8 Å². The molecule has 3 aliphatic rings. The monoisotopic (exact) mass is 437 g/mol. The highest BCUT2D eigenvalue weighted by atomic mass is 16.7. The number of benzene rings is 2. The van der Waals surface area contributed by atoms with Gasteiger partial charge in [0, 0.05) is 18.4 Å². The van der Waals surface area contributed by atoms with Crippen LogP contribution in [-0.2, 0) is 25.6 Å². The van der Waals surface area contributed by atoms with Crippen LogP contribution in [0.4, 0.5) is 4.79 Å². The van der Waals surface area contributed by atoms with Crippen molar-refractivity contribution in [1.82, 2.24) is 4.90 Å². The number of rotatable bonds is 4. The van der Waals surface area contributed by atoms with E-state index in [2.05, 4.69) is 0 Å². The van der Waals surface area contributed by atoms with Gasteiger partial charge in [-0.05, 0) is 30.5 Å². The number of amides is 1. The van der Waals surface area contributed by atoms with Gasteiger partial charge in [-0.3, -0.25) is 0 Å². The molecule has 0 aromatic heterocycles. The SMILES string of the molecule is O=C(OC1CN(C(=O)OCc2ccccc2)CCC12OCC1(CC1)CO2)c1ccccc1. The maximum absolute atomic E-state index is 12.8. The van der Waals surface area contributed by atoms with E-state index in [9.17, 15) is 9.59 Å². The van der Waals surface area contributed by atoms with Gasteiger partial charge in [0.05, 0.1) is 25.3 Å². The van der Waals surface area contributed by atoms with E-state index in [-0.39, 0.29) is 18.6 Å². The summed E-state index contributed by atoms with van der Waals surface area (Å²) in [6.07, 6.45) is 1.41. The zero-order valence-corrected chi connectivity index (χ0v) is 17.9. The number of carbonyl (C=O) groups excluding carboxylic acids is 2. The molecule has 1 atom stereocenters. The Bertz CT molecular complexity index is 949. The number of piperidine rings is 1. The van der Waals surface area contributed by atoms with Gasteiger partial charge in [0.1, 0.15) is 6.61 Å². The van der Waals surface area contributed by atoms with Gasteiger partial charge in [0.15, 0.2) is 6.10 Å². The van der Waals surface area contributed by atoms with Crippen molar-refractivity contribution < 1.29 is 28.5 Å². The Morgan fingerprint density at radius 1 is 0.938 bits per heavy atom. The van der Waals surface area contributed by atoms with Gasteiger partial charge in [-0.2, -0.15) is 0 Å². The van der Waals surface area contributed by atoms with Crippen LogP contribution in [0, 0.1) is 5.41 Å². The van der Waals surface area contributed by atoms with Crippen molar-refractivity contribution in [2.24, 2.45) is 5.41 Å². The predicted molar refractivity (Wildman–Crippen MR) is 115 cm³/mol. The Morgan fingerprint density at radius 2 is 1.59 bits per heavy atom. The molecule has 1 aliphatic carbocycles. The lowest BCUT2D eigenvalue weighted by atomic mass is 9.97. The molecule has 7 nitrogen and oxygen atoms in total. The third-order valence-corrected chi connectivity index (χ3v) is 6.53. The summed E-state index contributed by atoms with van der Waals surface area (Å²) in [5.41, 5.74) is 1.47. The van der Waals surface area contributed by atoms with Crippen molar-refractivity contribution in [3.63, 3.8) is 0 Å². The van der Waals surface area contributed by atoms with E-state index in [1.165, 1.54) is 0 Å². The molecule has 1 amide bonds. The second-order valence-corrected chi connectivity index (χ2v) is 8.89. The number of hydrogen-bond acceptors (Lipinski definition) is 6. The summed E-state index contributed by atoms with van der Waals surface area (Å²) < 4.78 is 23.8. The Labute approximate surface area is 187 Å². The largest absolute Gasteiger partial charge is 0.451 e. The summed E-state index contributed by atoms with van der Waals surface area (Å²) in [4.78, 5) is 27.1. The average Bonchev–Trinajstić information content (AvgIpc) is 3.61. The Morgan fingerprint density at radius 3 is 2.25 bits per heavy atom. The number of likely N-dealkylation sites (tertiary alicyclic amines) is 1. The summed E-state index contributed by atoms with van der Waals surface area (Å²) in [6, 6.07) is 18.3. The highest BCUT2D eigenvalue weighted by molar-refractivity contribution is 5.89. The highest BCUT2D eigenvalue weighted by Gasteiger charge is 2.57. The van der Waals surface area contributed by atoms with Crippen LogP contribution in [0.15, 0.2) is 60.7 Å². The Kier molecular flexibility index (Phi) is 5.61. The number of nitrogens with zero attached hydrogens (tertiary/aromatic N) is 1. The van der Waals surface area contributed by atoms with E-state index in [4.69, 9.17) is 18.9 Å². The minimum atomic E-state index is -1.03. The maximum atomic E-state index is 12.8. The molecule has 1 unspecified atom stereocenters. The van der Waals surface area contributed by atoms with Gasteiger partial charge >= 0.3 is 12.1 Å². The number of ether oxygens (including phenoxy) is 4. The lowest BCUT2D eigenvalue weighted by molar-refractivity contribution is -0.336. The smallest absolute Gasteiger partial charge is 0.410 e. The molecular formula is C25H27NO6. The molecule has 5 rings (SSSR count). The minimum absolute atomic E-state index is 0.116. The van der Waals surface area contributed by atoms with Gasteiger partial charge in [-0.15, -0.1) is 0 Å². The fourth-order valence-electron chi connectivity index (χ4n) is 4.19. The molecular weight excluding hydrogens is 410 g/mol. The van der Waals surface area contributed by atoms with E-state index in [0.717, 1.165) is 18.4 Å². The van der Waals surface area contributed by atoms with Gasteiger partial charge in [-0.25, -0.2) is 9.59 Å². The van der Waals surface area contributed by atoms with Crippen molar-refractivity contribution in [3.8, 4) is 0 Å². The number of esters is 1. The molecule has 3 fully saturated rings. The molecule has 0 bridgehead atoms. The fraction of sp³-hybridized carbons (Fsp3) is 0.440. The van der Waals surface area contributed by atoms with Crippen LogP contribution < -0.4 is 0 Å². The zero-order chi connectivity index (χ0) is 22.0. The molecule has 2 aliphatic heterocycles. The van der Waals surface area contributed by atoms with E-state index >= 15 is 0 Å². The molecule has 2 aromatic rings. The minimum Gasteiger partial charge on any atom is -0.451 e. The van der Waals surface area contributed by atoms with Crippen molar-refractivity contribution in [2.75, 3.05) is 26.3 Å². The Hall–Kier alpha value is -2.90. The molecule has 7 heteroatoms. The summed E-state index contributed by atoms with van der Waals surface area (Å²) in [5.74, 6) is -1.50. The Balaban J connectivity index is 1.28. The normalized spacial score (nSPS) is 23.0. The molecule has 2 heterocycles. The van der Waals surface area contributed by atoms with Crippen LogP contribution in [-0.4, -0.2) is 55.2 Å². The predicted octanol–water partition coefficient (Wildman–Crippen LogP) is 3.78. The van der Waals surface area contributed by atoms with Gasteiger partial charge in [0.25, 0.3) is 0 Å². The third kappa shape index (κ3) is 4.36. The summed E-state index contributed by atoms with van der Waals surface area (Å²) in [7, 11) is 0. The summed E-state index contributed by atoms with van der Waals surface area (Å²) >= 11 is 0. The second kappa shape index (κ2) is 8.56. The first-order chi connectivity index (χ1) is 15.6. The van der Waals surface area contributed by atoms with Crippen molar-refractivity contribution in [1.29, 1.82) is 0 Å². The van der Waals surface area contributed by atoms with Crippen molar-refractivity contribution >= 4 is 12.1 Å². The van der Waals surface area contributed by atoms with E-state index in [1.807, 2.05) is 36.4 Å². The first-order valence-electron chi connectivity index (χ1n) is 11.1. The third-order valence-electron chi connectivity index (χ3n) is 6.53. The molecule has 1 saturated carbocycles. The standard InChI is InChI=1S/C25H27NO6/c27-22(20-9-5-2-6-10-20)32-21-15-26(23(28)29-16-19-7-3-1-4-8-19)14-13-25(21)30-17-24(11-12-24)18-31-25/h1-10,21H,11-18H2. The van der Waals surface area contributed by atoms with Crippen LogP contribution in [0.25, 0.3) is 0 Å². The van der Waals surface area contributed by atoms with Crippen LogP contribution >= 0.6 is 0 Å². The lowest BCUT2D eigenvalue weighted by Gasteiger charge is -2.49. The molecule has 168 valence electrons. The topological polar surface area (TPSA) is 74.3 Å². The molecule has 0 radical (unpaired) electrons. The molecule has 2 spiro atoms. The zero-order valence-electron chi connectivity index (χ0n) is 17.9. The summed E-state index contributed by atoms with van der Waals surface area (Å²) in [6.45, 7) is 1.92. The first kappa shape index (κ1) is 21.0. The van der Waals surface area contributed by atoms with Crippen LogP contribution in [0.2, 0.25) is 0 Å². The van der Waals surface area contributed by atoms with Gasteiger partial charge in [-0.1, -0.05) is 48.5 Å². The van der Waals surface area contributed by atoms with Crippen LogP contribution in [0.1, 0.15) is 35.2 Å². The molecule has 2 saturated heterocycles. The van der Waals surface area contributed by atoms with E-state index in [1.54, 1.807) is 29.2 Å². The van der Waals surface area contributed by atoms with Crippen LogP contribution in [0.5, 0.6) is 0 Å². The average molecular weight is 437 g/mol. The highest BCUT2D eigenvalue weighted by Crippen LogP contribution is 2.51. The van der Waals surface area contributed by atoms with E-state index in [0.29, 0.717) is 31.7 Å². The maximum Gasteiger partial charge on any atom is 0.410 e. The fourth-order valence-corrected chi connectivity index (χ4v) is 4.19. The molecule has 32 heavy (non-hydrogen) atoms. The van der Waals surface area contributed by atoms with Gasteiger partial charge < -0.3 is 23.8 Å². The van der Waals surface area contributed by atoms with E-state index < -0.39 is 24.0 Å². The number of carbonyl (C=O) groups is 2. The summed E-state index contributed by atoms with van der Waals surface area (Å²) in [5, 5.41) is 0. The second-order valence-electron chi connectivity index (χ2n) is 8.89. The molecule has 0 N–H and O–H groups in total. The van der Waals surface area contributed by atoms with Crippen molar-refractivity contribution in [2.45, 2.75) is 37.8 Å². The van der Waals surface area contributed by atoms with Gasteiger partial charge in [0.2, 0.25) is 5.79 Å². The number of hydrogen-bond donors (Lipinski definition) is 0. The first-order valence-corrected chi connectivity index (χ1v) is 11.1. The quantitative estimate of drug-likeness (QED) is 0.678.